The number of fused-ring (bicyclic) bond motifs is 1. The van der Waals surface area contributed by atoms with E-state index in [1.54, 1.807) is 25.5 Å². The maximum Gasteiger partial charge on any atom is 0.333 e. The summed E-state index contributed by atoms with van der Waals surface area (Å²) in [5.74, 6) is 2.25. The molecular weight excluding hydrogens is 492 g/mol. The molecule has 9 nitrogen and oxygen atoms in total. The third-order valence-electron chi connectivity index (χ3n) is 7.53. The van der Waals surface area contributed by atoms with Gasteiger partial charge in [-0.1, -0.05) is 17.4 Å². The molecule has 0 unspecified atom stereocenters. The molecule has 1 aromatic carbocycles. The van der Waals surface area contributed by atoms with Crippen LogP contribution in [0.3, 0.4) is 0 Å². The van der Waals surface area contributed by atoms with Crippen LogP contribution in [0.2, 0.25) is 0 Å². The van der Waals surface area contributed by atoms with Crippen molar-refractivity contribution in [3.8, 4) is 16.5 Å². The highest BCUT2D eigenvalue weighted by Gasteiger charge is 2.41. The molecule has 1 saturated heterocycles. The summed E-state index contributed by atoms with van der Waals surface area (Å²) in [6, 6.07) is 6.18. The molecule has 1 spiro atoms. The number of benzene rings is 1. The Balaban J connectivity index is 1.09. The Morgan fingerprint density at radius 2 is 2.05 bits per heavy atom. The van der Waals surface area contributed by atoms with Crippen LogP contribution in [0.25, 0.3) is 5.00 Å². The van der Waals surface area contributed by atoms with E-state index in [0.29, 0.717) is 0 Å². The van der Waals surface area contributed by atoms with Crippen molar-refractivity contribution in [1.82, 2.24) is 14.1 Å². The van der Waals surface area contributed by atoms with Crippen molar-refractivity contribution in [3.05, 3.63) is 52.8 Å². The van der Waals surface area contributed by atoms with Crippen molar-refractivity contribution >= 4 is 22.4 Å². The predicted octanol–water partition coefficient (Wildman–Crippen LogP) is 3.81. The topological polar surface area (TPSA) is 87.8 Å². The van der Waals surface area contributed by atoms with Gasteiger partial charge in [-0.25, -0.2) is 9.78 Å². The molecular formula is C27H32N4O5S. The predicted molar refractivity (Wildman–Crippen MR) is 140 cm³/mol. The summed E-state index contributed by atoms with van der Waals surface area (Å²) < 4.78 is 20.6. The van der Waals surface area contributed by atoms with Crippen molar-refractivity contribution in [2.75, 3.05) is 31.2 Å². The largest absolute Gasteiger partial charge is 0.493 e. The molecule has 4 heterocycles. The minimum atomic E-state index is -0.427. The number of ether oxygens (including phenoxy) is 3. The van der Waals surface area contributed by atoms with E-state index in [4.69, 9.17) is 14.2 Å². The number of carbonyl (C=O) groups excluding carboxylic acids is 1. The molecule has 0 radical (unpaired) electrons. The molecule has 0 bridgehead atoms. The average molecular weight is 525 g/mol. The number of piperidine rings is 1. The zero-order chi connectivity index (χ0) is 25.4. The van der Waals surface area contributed by atoms with E-state index in [-0.39, 0.29) is 24.4 Å². The molecule has 2 aromatic heterocycles. The van der Waals surface area contributed by atoms with Crippen LogP contribution in [0.1, 0.15) is 44.6 Å². The molecule has 2 fully saturated rings. The maximum absolute atomic E-state index is 12.8. The van der Waals surface area contributed by atoms with Gasteiger partial charge in [0.2, 0.25) is 0 Å². The molecule has 196 valence electrons. The molecule has 1 saturated carbocycles. The first-order valence-electron chi connectivity index (χ1n) is 13.1. The van der Waals surface area contributed by atoms with Crippen molar-refractivity contribution in [3.63, 3.8) is 0 Å². The number of esters is 1. The van der Waals surface area contributed by atoms with Gasteiger partial charge in [-0.2, -0.15) is 0 Å². The Labute approximate surface area is 219 Å². The Hall–Kier alpha value is -3.27. The fourth-order valence-corrected chi connectivity index (χ4v) is 6.12. The second-order valence-electron chi connectivity index (χ2n) is 10.1. The highest BCUT2D eigenvalue weighted by atomic mass is 32.1. The van der Waals surface area contributed by atoms with Crippen molar-refractivity contribution in [2.24, 2.45) is 5.92 Å². The average Bonchev–Trinajstić information content (AvgIpc) is 3.49. The third kappa shape index (κ3) is 4.99. The summed E-state index contributed by atoms with van der Waals surface area (Å²) in [5, 5.41) is 1.62. The molecule has 3 aliphatic rings. The van der Waals surface area contributed by atoms with Gasteiger partial charge in [0.1, 0.15) is 28.6 Å². The van der Waals surface area contributed by atoms with Gasteiger partial charge in [0.25, 0.3) is 0 Å². The summed E-state index contributed by atoms with van der Waals surface area (Å²) >= 11 is 1.48. The van der Waals surface area contributed by atoms with Gasteiger partial charge in [0, 0.05) is 43.9 Å². The summed E-state index contributed by atoms with van der Waals surface area (Å²) in [6.07, 6.45) is 11.4. The number of rotatable bonds is 8. The molecule has 37 heavy (non-hydrogen) atoms. The number of thiazole rings is 1. The molecule has 0 amide bonds. The van der Waals surface area contributed by atoms with Crippen LogP contribution >= 0.6 is 11.3 Å². The monoisotopic (exact) mass is 524 g/mol. The minimum absolute atomic E-state index is 0.100. The lowest BCUT2D eigenvalue weighted by atomic mass is 9.83. The van der Waals surface area contributed by atoms with Crippen LogP contribution < -0.4 is 20.1 Å². The van der Waals surface area contributed by atoms with E-state index >= 15 is 0 Å². The molecule has 10 heteroatoms. The maximum atomic E-state index is 12.8. The highest BCUT2D eigenvalue weighted by molar-refractivity contribution is 7.18. The third-order valence-corrected chi connectivity index (χ3v) is 8.59. The van der Waals surface area contributed by atoms with Crippen molar-refractivity contribution in [2.45, 2.75) is 57.6 Å². The minimum Gasteiger partial charge on any atom is -0.493 e. The van der Waals surface area contributed by atoms with E-state index in [2.05, 4.69) is 22.0 Å². The SMILES string of the molecule is CCOC(=O)Cn1ccn(-c2cnc(N3CCC4(CCc5c(OCC6CC6)cccc5O4)CC3)s2)c1=O. The number of nitrogens with zero attached hydrogens (tertiary/aromatic N) is 4. The Morgan fingerprint density at radius 3 is 2.84 bits per heavy atom. The molecule has 0 N–H and O–H groups in total. The summed E-state index contributed by atoms with van der Waals surface area (Å²) in [6.45, 7) is 4.44. The molecule has 2 aliphatic heterocycles. The van der Waals surface area contributed by atoms with Gasteiger partial charge in [-0.15, -0.1) is 0 Å². The number of imidazole rings is 1. The first-order valence-corrected chi connectivity index (χ1v) is 13.9. The standard InChI is InChI=1S/C27H32N4O5S/c1-2-34-24(32)17-30-14-15-31(26(30)33)23-16-28-25(37-23)29-12-10-27(11-13-29)9-8-20-21(35-18-19-6-7-19)4-3-5-22(20)36-27/h3-5,14-16,19H,2,6-13,17-18H2,1H3. The van der Waals surface area contributed by atoms with Gasteiger partial charge in [-0.05, 0) is 50.7 Å². The Kier molecular flexibility index (Phi) is 6.44. The van der Waals surface area contributed by atoms with Crippen LogP contribution in [-0.2, 0) is 22.5 Å². The van der Waals surface area contributed by atoms with Crippen LogP contribution in [0, 0.1) is 5.92 Å². The lowest BCUT2D eigenvalue weighted by molar-refractivity contribution is -0.143. The van der Waals surface area contributed by atoms with E-state index in [1.165, 1.54) is 38.9 Å². The summed E-state index contributed by atoms with van der Waals surface area (Å²) in [5.41, 5.74) is 0.775. The lowest BCUT2D eigenvalue weighted by Gasteiger charge is -2.44. The van der Waals surface area contributed by atoms with Gasteiger partial charge in [-0.3, -0.25) is 13.9 Å². The van der Waals surface area contributed by atoms with Crippen molar-refractivity contribution < 1.29 is 19.0 Å². The van der Waals surface area contributed by atoms with E-state index < -0.39 is 5.97 Å². The first kappa shape index (κ1) is 24.1. The number of carbonyl (C=O) groups is 1. The quantitative estimate of drug-likeness (QED) is 0.414. The molecule has 6 rings (SSSR count). The number of anilines is 1. The van der Waals surface area contributed by atoms with E-state index in [1.807, 2.05) is 6.07 Å². The van der Waals surface area contributed by atoms with E-state index in [9.17, 15) is 9.59 Å². The van der Waals surface area contributed by atoms with Crippen LogP contribution in [0.15, 0.2) is 41.6 Å². The first-order chi connectivity index (χ1) is 18.0. The fraction of sp³-hybridized carbons (Fsp3) is 0.519. The molecule has 1 aliphatic carbocycles. The number of aromatic nitrogens is 3. The zero-order valence-electron chi connectivity index (χ0n) is 21.1. The molecule has 0 atom stereocenters. The van der Waals surface area contributed by atoms with Crippen molar-refractivity contribution in [1.29, 1.82) is 0 Å². The van der Waals surface area contributed by atoms with Crippen LogP contribution in [-0.4, -0.2) is 52.0 Å². The second-order valence-corrected chi connectivity index (χ2v) is 11.1. The smallest absolute Gasteiger partial charge is 0.333 e. The fourth-order valence-electron chi connectivity index (χ4n) is 5.17. The van der Waals surface area contributed by atoms with Gasteiger partial charge in [0.05, 0.1) is 19.4 Å². The highest BCUT2D eigenvalue weighted by Crippen LogP contribution is 2.44. The zero-order valence-corrected chi connectivity index (χ0v) is 21.9. The molecule has 3 aromatic rings. The van der Waals surface area contributed by atoms with E-state index in [0.717, 1.165) is 72.9 Å². The number of hydrogen-bond donors (Lipinski definition) is 0. The lowest BCUT2D eigenvalue weighted by Crippen LogP contribution is -2.49. The van der Waals surface area contributed by atoms with Crippen LogP contribution in [0.5, 0.6) is 11.5 Å². The van der Waals surface area contributed by atoms with Gasteiger partial charge in [0.15, 0.2) is 5.13 Å². The van der Waals surface area contributed by atoms with Crippen LogP contribution in [0.4, 0.5) is 5.13 Å². The summed E-state index contributed by atoms with van der Waals surface area (Å²) in [4.78, 5) is 31.4. The number of hydrogen-bond acceptors (Lipinski definition) is 8. The Bertz CT molecular complexity index is 1330. The normalized spacial score (nSPS) is 18.4. The Morgan fingerprint density at radius 1 is 1.22 bits per heavy atom. The van der Waals surface area contributed by atoms with Gasteiger partial charge < -0.3 is 19.1 Å². The second kappa shape index (κ2) is 9.89. The summed E-state index contributed by atoms with van der Waals surface area (Å²) in [7, 11) is 0. The van der Waals surface area contributed by atoms with Gasteiger partial charge >= 0.3 is 11.7 Å².